The van der Waals surface area contributed by atoms with E-state index in [1.165, 1.54) is 11.1 Å². The number of nitrogens with one attached hydrogen (secondary N) is 2. The van der Waals surface area contributed by atoms with Crippen LogP contribution in [-0.2, 0) is 0 Å². The van der Waals surface area contributed by atoms with E-state index in [0.717, 1.165) is 12.1 Å². The summed E-state index contributed by atoms with van der Waals surface area (Å²) in [6.07, 6.45) is 1.40. The number of H-pyrrole nitrogens is 1. The first-order chi connectivity index (χ1) is 12.8. The van der Waals surface area contributed by atoms with Gasteiger partial charge in [-0.05, 0) is 54.3 Å². The normalized spacial score (nSPS) is 12.0. The molecule has 1 aromatic heterocycles. The van der Waals surface area contributed by atoms with Gasteiger partial charge in [0.2, 0.25) is 0 Å². The Morgan fingerprint density at radius 2 is 1.74 bits per heavy atom. The Labute approximate surface area is 158 Å². The maximum atomic E-state index is 13.7. The number of amides is 2. The minimum atomic E-state index is -1.10. The van der Waals surface area contributed by atoms with E-state index in [0.29, 0.717) is 16.3 Å². The van der Waals surface area contributed by atoms with E-state index in [2.05, 4.69) is 10.3 Å². The van der Waals surface area contributed by atoms with Crippen molar-refractivity contribution in [2.75, 3.05) is 12.4 Å². The number of hydrogen-bond acceptors (Lipinski definition) is 2. The SMILES string of the molecule is CC(c1c[nH]c(=O)c2cc(F)c(F)cc12)N(C)C(=O)Nc1ccc(Cl)cc1. The molecule has 27 heavy (non-hydrogen) atoms. The zero-order chi connectivity index (χ0) is 19.7. The third-order valence-electron chi connectivity index (χ3n) is 4.42. The van der Waals surface area contributed by atoms with Gasteiger partial charge in [0.15, 0.2) is 11.6 Å². The van der Waals surface area contributed by atoms with Crippen molar-refractivity contribution in [3.05, 3.63) is 75.2 Å². The van der Waals surface area contributed by atoms with Crippen LogP contribution in [0.15, 0.2) is 47.4 Å². The Morgan fingerprint density at radius 3 is 2.37 bits per heavy atom. The summed E-state index contributed by atoms with van der Waals surface area (Å²) in [5.41, 5.74) is 0.508. The van der Waals surface area contributed by atoms with Crippen LogP contribution >= 0.6 is 11.6 Å². The maximum absolute atomic E-state index is 13.7. The molecule has 0 saturated heterocycles. The van der Waals surface area contributed by atoms with Crippen molar-refractivity contribution >= 4 is 34.1 Å². The molecule has 0 fully saturated rings. The number of rotatable bonds is 3. The highest BCUT2D eigenvalue weighted by Crippen LogP contribution is 2.27. The van der Waals surface area contributed by atoms with Gasteiger partial charge in [0, 0.05) is 24.0 Å². The number of nitrogens with zero attached hydrogens (tertiary/aromatic N) is 1. The number of halogens is 3. The monoisotopic (exact) mass is 391 g/mol. The molecule has 140 valence electrons. The largest absolute Gasteiger partial charge is 0.328 e. The fourth-order valence-electron chi connectivity index (χ4n) is 2.75. The maximum Gasteiger partial charge on any atom is 0.322 e. The predicted molar refractivity (Wildman–Crippen MR) is 101 cm³/mol. The summed E-state index contributed by atoms with van der Waals surface area (Å²) in [6, 6.07) is 7.50. The van der Waals surface area contributed by atoms with Gasteiger partial charge in [0.25, 0.3) is 5.56 Å². The Hall–Kier alpha value is -2.93. The number of aromatic nitrogens is 1. The highest BCUT2D eigenvalue weighted by atomic mass is 35.5. The minimum Gasteiger partial charge on any atom is -0.328 e. The second-order valence-electron chi connectivity index (χ2n) is 6.11. The first-order valence-electron chi connectivity index (χ1n) is 8.07. The van der Waals surface area contributed by atoms with Crippen LogP contribution in [0.3, 0.4) is 0 Å². The molecule has 0 aliphatic rings. The standard InChI is InChI=1S/C19H16ClF2N3O2/c1-10(25(2)19(27)24-12-5-3-11(20)4-6-12)15-9-23-18(26)14-8-17(22)16(21)7-13(14)15/h3-10H,1-2H3,(H,23,26)(H,24,27). The van der Waals surface area contributed by atoms with Crippen molar-refractivity contribution in [1.82, 2.24) is 9.88 Å². The fraction of sp³-hybridized carbons (Fsp3) is 0.158. The predicted octanol–water partition coefficient (Wildman–Crippen LogP) is 4.68. The third-order valence-corrected chi connectivity index (χ3v) is 4.67. The summed E-state index contributed by atoms with van der Waals surface area (Å²) in [7, 11) is 1.56. The van der Waals surface area contributed by atoms with Crippen LogP contribution in [0.4, 0.5) is 19.3 Å². The van der Waals surface area contributed by atoms with Crippen LogP contribution < -0.4 is 10.9 Å². The van der Waals surface area contributed by atoms with Gasteiger partial charge in [0.1, 0.15) is 0 Å². The van der Waals surface area contributed by atoms with E-state index in [1.807, 2.05) is 0 Å². The molecule has 2 N–H and O–H groups in total. The molecule has 3 rings (SSSR count). The molecule has 1 unspecified atom stereocenters. The van der Waals surface area contributed by atoms with E-state index < -0.39 is 29.3 Å². The number of urea groups is 1. The Bertz CT molecular complexity index is 1070. The second-order valence-corrected chi connectivity index (χ2v) is 6.55. The number of pyridine rings is 1. The Balaban J connectivity index is 1.92. The summed E-state index contributed by atoms with van der Waals surface area (Å²) in [6.45, 7) is 1.72. The van der Waals surface area contributed by atoms with Gasteiger partial charge in [0.05, 0.1) is 11.4 Å². The van der Waals surface area contributed by atoms with Crippen molar-refractivity contribution in [2.45, 2.75) is 13.0 Å². The van der Waals surface area contributed by atoms with E-state index in [1.54, 1.807) is 38.2 Å². The number of aromatic amines is 1. The smallest absolute Gasteiger partial charge is 0.322 e. The zero-order valence-electron chi connectivity index (χ0n) is 14.5. The summed E-state index contributed by atoms with van der Waals surface area (Å²) in [5, 5.41) is 3.53. The minimum absolute atomic E-state index is 0.0183. The molecule has 2 amide bonds. The molecule has 0 saturated carbocycles. The molecular weight excluding hydrogens is 376 g/mol. The molecule has 3 aromatic rings. The van der Waals surface area contributed by atoms with Crippen LogP contribution in [-0.4, -0.2) is 23.0 Å². The number of carbonyl (C=O) groups is 1. The quantitative estimate of drug-likeness (QED) is 0.680. The average molecular weight is 392 g/mol. The molecule has 1 atom stereocenters. The van der Waals surface area contributed by atoms with Gasteiger partial charge in [-0.25, -0.2) is 13.6 Å². The molecule has 5 nitrogen and oxygen atoms in total. The van der Waals surface area contributed by atoms with Crippen LogP contribution in [0, 0.1) is 11.6 Å². The van der Waals surface area contributed by atoms with Crippen molar-refractivity contribution in [3.8, 4) is 0 Å². The molecule has 0 aliphatic heterocycles. The van der Waals surface area contributed by atoms with Crippen LogP contribution in [0.1, 0.15) is 18.5 Å². The number of benzene rings is 2. The number of carbonyl (C=O) groups excluding carboxylic acids is 1. The van der Waals surface area contributed by atoms with E-state index in [4.69, 9.17) is 11.6 Å². The van der Waals surface area contributed by atoms with E-state index in [-0.39, 0.29) is 10.8 Å². The van der Waals surface area contributed by atoms with Crippen molar-refractivity contribution in [3.63, 3.8) is 0 Å². The highest BCUT2D eigenvalue weighted by molar-refractivity contribution is 6.30. The summed E-state index contributed by atoms with van der Waals surface area (Å²) in [4.78, 5) is 28.3. The van der Waals surface area contributed by atoms with Gasteiger partial charge in [-0.15, -0.1) is 0 Å². The zero-order valence-corrected chi connectivity index (χ0v) is 15.3. The highest BCUT2D eigenvalue weighted by Gasteiger charge is 2.21. The van der Waals surface area contributed by atoms with Crippen molar-refractivity contribution < 1.29 is 13.6 Å². The number of hydrogen-bond donors (Lipinski definition) is 2. The third kappa shape index (κ3) is 3.78. The lowest BCUT2D eigenvalue weighted by molar-refractivity contribution is 0.208. The second kappa shape index (κ2) is 7.36. The fourth-order valence-corrected chi connectivity index (χ4v) is 2.87. The lowest BCUT2D eigenvalue weighted by Gasteiger charge is -2.26. The van der Waals surface area contributed by atoms with Crippen LogP contribution in [0.2, 0.25) is 5.02 Å². The van der Waals surface area contributed by atoms with E-state index in [9.17, 15) is 18.4 Å². The lowest BCUT2D eigenvalue weighted by Crippen LogP contribution is -2.34. The molecular formula is C19H16ClF2N3O2. The van der Waals surface area contributed by atoms with Crippen LogP contribution in [0.25, 0.3) is 10.8 Å². The number of fused-ring (bicyclic) bond motifs is 1. The molecule has 0 aliphatic carbocycles. The molecule has 1 heterocycles. The lowest BCUT2D eigenvalue weighted by atomic mass is 10.0. The van der Waals surface area contributed by atoms with Gasteiger partial charge in [-0.1, -0.05) is 11.6 Å². The molecule has 0 bridgehead atoms. The summed E-state index contributed by atoms with van der Waals surface area (Å²) in [5.74, 6) is -2.17. The average Bonchev–Trinajstić information content (AvgIpc) is 2.64. The summed E-state index contributed by atoms with van der Waals surface area (Å²) < 4.78 is 27.2. The Kier molecular flexibility index (Phi) is 5.14. The van der Waals surface area contributed by atoms with Gasteiger partial charge in [-0.3, -0.25) is 4.79 Å². The summed E-state index contributed by atoms with van der Waals surface area (Å²) >= 11 is 5.82. The van der Waals surface area contributed by atoms with Crippen molar-refractivity contribution in [2.24, 2.45) is 0 Å². The molecule has 8 heteroatoms. The van der Waals surface area contributed by atoms with E-state index >= 15 is 0 Å². The van der Waals surface area contributed by atoms with Crippen LogP contribution in [0.5, 0.6) is 0 Å². The number of anilines is 1. The molecule has 0 radical (unpaired) electrons. The van der Waals surface area contributed by atoms with Crippen molar-refractivity contribution in [1.29, 1.82) is 0 Å². The topological polar surface area (TPSA) is 65.2 Å². The molecule has 2 aromatic carbocycles. The van der Waals surface area contributed by atoms with Gasteiger partial charge < -0.3 is 15.2 Å². The molecule has 0 spiro atoms. The van der Waals surface area contributed by atoms with Gasteiger partial charge >= 0.3 is 6.03 Å². The first kappa shape index (κ1) is 18.8. The Morgan fingerprint density at radius 1 is 1.15 bits per heavy atom. The first-order valence-corrected chi connectivity index (χ1v) is 8.45. The van der Waals surface area contributed by atoms with Gasteiger partial charge in [-0.2, -0.15) is 0 Å².